The van der Waals surface area contributed by atoms with Crippen molar-refractivity contribution >= 4 is 25.8 Å². The molecule has 1 saturated heterocycles. The molecule has 0 aromatic heterocycles. The van der Waals surface area contributed by atoms with Crippen molar-refractivity contribution in [2.24, 2.45) is 11.8 Å². The first-order chi connectivity index (χ1) is 10.1. The van der Waals surface area contributed by atoms with Crippen LogP contribution in [0.4, 0.5) is 0 Å². The lowest BCUT2D eigenvalue weighted by Gasteiger charge is -2.39. The number of carboxylic acids is 1. The molecule has 0 amide bonds. The first kappa shape index (κ1) is 18.9. The third-order valence-electron chi connectivity index (χ3n) is 3.71. The van der Waals surface area contributed by atoms with Gasteiger partial charge >= 0.3 is 13.7 Å². The molecule has 0 radical (unpaired) electrons. The number of aliphatic hydroxyl groups is 1. The topological polar surface area (TPSA) is 164 Å². The molecule has 11 heteroatoms. The van der Waals surface area contributed by atoms with E-state index in [0.717, 1.165) is 0 Å². The molecule has 3 unspecified atom stereocenters. The van der Waals surface area contributed by atoms with Crippen LogP contribution in [0.5, 0.6) is 0 Å². The Labute approximate surface area is 126 Å². The van der Waals surface area contributed by atoms with Gasteiger partial charge in [0.25, 0.3) is 0 Å². The number of hydrogen-bond donors (Lipinski definition) is 5. The van der Waals surface area contributed by atoms with Crippen LogP contribution in [0.2, 0.25) is 0 Å². The van der Waals surface area contributed by atoms with E-state index in [0.29, 0.717) is 11.0 Å². The Morgan fingerprint density at radius 2 is 2.14 bits per heavy atom. The molecule has 1 aliphatic rings. The second kappa shape index (κ2) is 7.40. The lowest BCUT2D eigenvalue weighted by Crippen LogP contribution is -2.55. The Bertz CT molecular complexity index is 492. The van der Waals surface area contributed by atoms with E-state index in [-0.39, 0.29) is 13.1 Å². The highest BCUT2D eigenvalue weighted by Crippen LogP contribution is 2.45. The smallest absolute Gasteiger partial charge is 0.403 e. The first-order valence-electron chi connectivity index (χ1n) is 6.52. The van der Waals surface area contributed by atoms with Gasteiger partial charge in [-0.3, -0.25) is 9.59 Å². The average Bonchev–Trinajstić information content (AvgIpc) is 2.42. The Morgan fingerprint density at radius 1 is 1.55 bits per heavy atom. The van der Waals surface area contributed by atoms with Gasteiger partial charge in [-0.15, -0.1) is 0 Å². The lowest BCUT2D eigenvalue weighted by molar-refractivity contribution is -0.141. The van der Waals surface area contributed by atoms with Crippen LogP contribution in [0, 0.1) is 11.8 Å². The summed E-state index contributed by atoms with van der Waals surface area (Å²) in [6.07, 6.45) is 0.424. The van der Waals surface area contributed by atoms with E-state index in [9.17, 15) is 28.7 Å². The van der Waals surface area contributed by atoms with Crippen LogP contribution >= 0.6 is 7.75 Å². The van der Waals surface area contributed by atoms with Crippen molar-refractivity contribution in [3.63, 3.8) is 0 Å². The minimum Gasteiger partial charge on any atom is -0.480 e. The summed E-state index contributed by atoms with van der Waals surface area (Å²) in [5.41, 5.74) is 0. The number of carbonyl (C=O) groups excluding carboxylic acids is 2. The van der Waals surface area contributed by atoms with Gasteiger partial charge in [-0.05, 0) is 6.92 Å². The van der Waals surface area contributed by atoms with Gasteiger partial charge in [0.15, 0.2) is 5.78 Å². The molecule has 1 aliphatic heterocycles. The molecule has 0 spiro atoms. The van der Waals surface area contributed by atoms with E-state index in [1.807, 2.05) is 0 Å². The summed E-state index contributed by atoms with van der Waals surface area (Å²) in [6.45, 7) is 0.144. The fraction of sp³-hybridized carbons (Fsp3) is 0.727. The Morgan fingerprint density at radius 3 is 2.55 bits per heavy atom. The van der Waals surface area contributed by atoms with E-state index >= 15 is 0 Å². The van der Waals surface area contributed by atoms with Crippen molar-refractivity contribution in [1.29, 1.82) is 0 Å². The van der Waals surface area contributed by atoms with Crippen LogP contribution in [0.3, 0.4) is 0 Å². The number of aldehydes is 1. The summed E-state index contributed by atoms with van der Waals surface area (Å²) in [7, 11) is -4.67. The van der Waals surface area contributed by atoms with Gasteiger partial charge in [-0.1, -0.05) is 0 Å². The second-order valence-electron chi connectivity index (χ2n) is 5.10. The number of carbonyl (C=O) groups is 3. The summed E-state index contributed by atoms with van der Waals surface area (Å²) in [5, 5.41) is 20.2. The zero-order valence-electron chi connectivity index (χ0n) is 11.8. The molecule has 0 aromatic carbocycles. The number of Topliss-reactive ketones (excluding diaryl/α,β-unsaturated/α-hetero) is 1. The molecule has 0 aliphatic carbocycles. The van der Waals surface area contributed by atoms with Gasteiger partial charge in [-0.2, -0.15) is 4.67 Å². The van der Waals surface area contributed by atoms with Crippen LogP contribution in [0.25, 0.3) is 0 Å². The minimum absolute atomic E-state index is 0.181. The summed E-state index contributed by atoms with van der Waals surface area (Å²) < 4.78 is 12.0. The summed E-state index contributed by atoms with van der Waals surface area (Å²) in [5.74, 6) is -3.76. The maximum absolute atomic E-state index is 12.2. The highest BCUT2D eigenvalue weighted by Gasteiger charge is 2.46. The molecule has 126 valence electrons. The zero-order valence-corrected chi connectivity index (χ0v) is 12.7. The zero-order chi connectivity index (χ0) is 17.1. The summed E-state index contributed by atoms with van der Waals surface area (Å²) in [4.78, 5) is 52.5. The van der Waals surface area contributed by atoms with Crippen LogP contribution in [-0.4, -0.2) is 74.5 Å². The normalized spacial score (nSPS) is 28.4. The van der Waals surface area contributed by atoms with E-state index in [1.54, 1.807) is 0 Å². The number of rotatable bonds is 7. The molecule has 1 fully saturated rings. The fourth-order valence-electron chi connectivity index (χ4n) is 2.39. The van der Waals surface area contributed by atoms with Gasteiger partial charge in [0.1, 0.15) is 12.3 Å². The lowest BCUT2D eigenvalue weighted by atomic mass is 9.83. The molecule has 1 heterocycles. The molecule has 0 aromatic rings. The van der Waals surface area contributed by atoms with E-state index < -0.39 is 50.0 Å². The monoisotopic (exact) mass is 338 g/mol. The van der Waals surface area contributed by atoms with Gasteiger partial charge in [0.05, 0.1) is 12.6 Å². The van der Waals surface area contributed by atoms with Gasteiger partial charge < -0.3 is 30.1 Å². The molecular formula is C11H19N2O8P. The predicted octanol–water partition coefficient (Wildman–Crippen LogP) is -2.18. The molecule has 5 N–H and O–H groups in total. The molecule has 0 bridgehead atoms. The molecule has 0 saturated carbocycles. The fourth-order valence-corrected chi connectivity index (χ4v) is 3.36. The van der Waals surface area contributed by atoms with Crippen LogP contribution in [0.15, 0.2) is 0 Å². The standard InChI is InChI=1S/C11H19N2O8P/c1-6-10(16)8(2-12-9(5-15)11(17)18)7(4-14)3-13(6)22(19,20)21/h4,6-9,12,15H,2-3,5H2,1H3,(H,17,18)(H2,19,20,21)/t6?,7?,8?,9-/m0/s1. The van der Waals surface area contributed by atoms with Crippen LogP contribution in [0.1, 0.15) is 6.92 Å². The van der Waals surface area contributed by atoms with E-state index in [4.69, 9.17) is 10.2 Å². The van der Waals surface area contributed by atoms with Crippen LogP contribution < -0.4 is 5.32 Å². The third-order valence-corrected chi connectivity index (χ3v) is 4.89. The van der Waals surface area contributed by atoms with Crippen LogP contribution in [-0.2, 0) is 18.9 Å². The minimum atomic E-state index is -4.67. The van der Waals surface area contributed by atoms with Crippen molar-refractivity contribution in [2.75, 3.05) is 19.7 Å². The quantitative estimate of drug-likeness (QED) is 0.254. The SMILES string of the molecule is CC1C(=O)C(CN[C@@H](CO)C(=O)O)C(C=O)CN1P(=O)(O)O. The maximum atomic E-state index is 12.2. The number of aliphatic carboxylic acids is 1. The number of piperidine rings is 1. The largest absolute Gasteiger partial charge is 0.480 e. The highest BCUT2D eigenvalue weighted by molar-refractivity contribution is 7.49. The van der Waals surface area contributed by atoms with Crippen molar-refractivity contribution in [2.45, 2.75) is 19.0 Å². The number of ketones is 1. The van der Waals surface area contributed by atoms with Crippen molar-refractivity contribution in [3.05, 3.63) is 0 Å². The molecule has 1 rings (SSSR count). The first-order valence-corrected chi connectivity index (χ1v) is 8.08. The molecule has 10 nitrogen and oxygen atoms in total. The van der Waals surface area contributed by atoms with Crippen molar-refractivity contribution in [1.82, 2.24) is 9.99 Å². The number of aliphatic hydroxyl groups excluding tert-OH is 1. The highest BCUT2D eigenvalue weighted by atomic mass is 31.2. The second-order valence-corrected chi connectivity index (χ2v) is 6.64. The summed E-state index contributed by atoms with van der Waals surface area (Å²) >= 11 is 0. The van der Waals surface area contributed by atoms with Gasteiger partial charge in [0, 0.05) is 24.9 Å². The van der Waals surface area contributed by atoms with Crippen molar-refractivity contribution < 1.29 is 38.9 Å². The number of nitrogens with one attached hydrogen (secondary N) is 1. The number of nitrogens with zero attached hydrogens (tertiary/aromatic N) is 1. The number of carboxylic acid groups (broad SMARTS) is 1. The number of hydrogen-bond acceptors (Lipinski definition) is 6. The van der Waals surface area contributed by atoms with Gasteiger partial charge in [-0.25, -0.2) is 4.57 Å². The van der Waals surface area contributed by atoms with Gasteiger partial charge in [0.2, 0.25) is 0 Å². The molecule has 4 atom stereocenters. The van der Waals surface area contributed by atoms with E-state index in [2.05, 4.69) is 5.32 Å². The maximum Gasteiger partial charge on any atom is 0.403 e. The average molecular weight is 338 g/mol. The summed E-state index contributed by atoms with van der Waals surface area (Å²) in [6, 6.07) is -2.38. The van der Waals surface area contributed by atoms with E-state index in [1.165, 1.54) is 6.92 Å². The van der Waals surface area contributed by atoms with Crippen molar-refractivity contribution in [3.8, 4) is 0 Å². The molecular weight excluding hydrogens is 319 g/mol. The predicted molar refractivity (Wildman–Crippen MR) is 72.8 cm³/mol. The Kier molecular flexibility index (Phi) is 6.36. The Balaban J connectivity index is 2.87. The third kappa shape index (κ3) is 4.19. The Hall–Kier alpha value is -1.16. The molecule has 22 heavy (non-hydrogen) atoms.